The number of carboxylic acids is 4. The molecule has 3 aliphatic rings. The Bertz CT molecular complexity index is 1110. The summed E-state index contributed by atoms with van der Waals surface area (Å²) in [7, 11) is 0. The molecule has 1 aromatic rings. The summed E-state index contributed by atoms with van der Waals surface area (Å²) in [6, 6.07) is 6.24. The first-order valence-corrected chi connectivity index (χ1v) is 14.5. The molecular formula is C31H46ClNO8. The first-order valence-electron chi connectivity index (χ1n) is 14.2. The summed E-state index contributed by atoms with van der Waals surface area (Å²) in [5.41, 5.74) is -0.360. The maximum atomic E-state index is 11.1. The standard InChI is InChI=1S/C11H14ClN.2C10H16O4/c1-8-7-13-5-4-9-2-3-10(12)6-11(8)9;2*1-9(2)6(7(11)12)4-5-10(9,3)8(13)14/h2-3,6,8,13H,4-5,7H2,1H3;2*6H,4-5H2,1-3H3,(H,11,12)(H,13,14)/t8-;;/m0../s1. The van der Waals surface area contributed by atoms with E-state index in [1.54, 1.807) is 41.5 Å². The van der Waals surface area contributed by atoms with E-state index in [0.29, 0.717) is 31.6 Å². The Morgan fingerprint density at radius 1 is 0.805 bits per heavy atom. The molecule has 0 bridgehead atoms. The van der Waals surface area contributed by atoms with E-state index in [4.69, 9.17) is 32.0 Å². The lowest BCUT2D eigenvalue weighted by molar-refractivity contribution is -0.159. The van der Waals surface area contributed by atoms with Gasteiger partial charge in [0.25, 0.3) is 0 Å². The van der Waals surface area contributed by atoms with Gasteiger partial charge in [0.1, 0.15) is 0 Å². The van der Waals surface area contributed by atoms with Gasteiger partial charge in [-0.25, -0.2) is 0 Å². The molecule has 41 heavy (non-hydrogen) atoms. The zero-order valence-electron chi connectivity index (χ0n) is 25.2. The first kappa shape index (κ1) is 34.6. The van der Waals surface area contributed by atoms with Crippen LogP contribution in [-0.4, -0.2) is 57.4 Å². The molecule has 0 spiro atoms. The van der Waals surface area contributed by atoms with Crippen molar-refractivity contribution in [2.75, 3.05) is 13.1 Å². The van der Waals surface area contributed by atoms with E-state index in [1.807, 2.05) is 6.07 Å². The summed E-state index contributed by atoms with van der Waals surface area (Å²) in [4.78, 5) is 44.1. The third kappa shape index (κ3) is 6.72. The highest BCUT2D eigenvalue weighted by molar-refractivity contribution is 6.30. The third-order valence-electron chi connectivity index (χ3n) is 10.7. The number of benzene rings is 1. The van der Waals surface area contributed by atoms with Crippen LogP contribution in [0.5, 0.6) is 0 Å². The van der Waals surface area contributed by atoms with Crippen molar-refractivity contribution in [2.45, 2.75) is 86.5 Å². The van der Waals surface area contributed by atoms with Gasteiger partial charge in [0, 0.05) is 11.6 Å². The molecule has 4 unspecified atom stereocenters. The molecule has 4 rings (SSSR count). The highest BCUT2D eigenvalue weighted by Gasteiger charge is 2.59. The van der Waals surface area contributed by atoms with E-state index in [9.17, 15) is 19.2 Å². The van der Waals surface area contributed by atoms with Crippen LogP contribution in [0.15, 0.2) is 18.2 Å². The number of halogens is 1. The number of hydrogen-bond donors (Lipinski definition) is 5. The molecular weight excluding hydrogens is 550 g/mol. The molecule has 230 valence electrons. The van der Waals surface area contributed by atoms with Crippen LogP contribution in [-0.2, 0) is 25.6 Å². The average molecular weight is 596 g/mol. The molecule has 10 heteroatoms. The fourth-order valence-electron chi connectivity index (χ4n) is 6.53. The smallest absolute Gasteiger partial charge is 0.309 e. The molecule has 5 N–H and O–H groups in total. The van der Waals surface area contributed by atoms with Crippen LogP contribution in [0.4, 0.5) is 0 Å². The SMILES string of the molecule is CC1(C(=O)O)CCC(C(=O)O)C1(C)C.CC1(C(=O)O)CCC(C(=O)O)C1(C)C.C[C@H]1CNCCc2ccc(Cl)cc21. The number of hydrogen-bond acceptors (Lipinski definition) is 5. The van der Waals surface area contributed by atoms with Gasteiger partial charge in [-0.1, -0.05) is 52.3 Å². The third-order valence-corrected chi connectivity index (χ3v) is 10.9. The van der Waals surface area contributed by atoms with Gasteiger partial charge < -0.3 is 25.7 Å². The number of carboxylic acid groups (broad SMARTS) is 4. The van der Waals surface area contributed by atoms with Crippen molar-refractivity contribution in [2.24, 2.45) is 33.5 Å². The van der Waals surface area contributed by atoms with Crippen LogP contribution in [0, 0.1) is 33.5 Å². The summed E-state index contributed by atoms with van der Waals surface area (Å²) in [6.45, 7) is 14.6. The average Bonchev–Trinajstić information content (AvgIpc) is 3.17. The lowest BCUT2D eigenvalue weighted by atomic mass is 9.66. The normalized spacial score (nSPS) is 31.3. The maximum Gasteiger partial charge on any atom is 0.309 e. The fraction of sp³-hybridized carbons (Fsp3) is 0.677. The summed E-state index contributed by atoms with van der Waals surface area (Å²) in [5, 5.41) is 40.4. The summed E-state index contributed by atoms with van der Waals surface area (Å²) in [6.07, 6.45) is 2.89. The van der Waals surface area contributed by atoms with E-state index < -0.39 is 57.4 Å². The van der Waals surface area contributed by atoms with Crippen molar-refractivity contribution in [3.8, 4) is 0 Å². The lowest BCUT2D eigenvalue weighted by Crippen LogP contribution is -2.42. The van der Waals surface area contributed by atoms with Crippen LogP contribution >= 0.6 is 11.6 Å². The zero-order valence-corrected chi connectivity index (χ0v) is 26.0. The van der Waals surface area contributed by atoms with Crippen LogP contribution < -0.4 is 5.32 Å². The highest BCUT2D eigenvalue weighted by atomic mass is 35.5. The Kier molecular flexibility index (Phi) is 10.7. The van der Waals surface area contributed by atoms with Gasteiger partial charge in [-0.15, -0.1) is 0 Å². The quantitative estimate of drug-likeness (QED) is 0.290. The molecule has 0 radical (unpaired) electrons. The summed E-state index contributed by atoms with van der Waals surface area (Å²) in [5.74, 6) is -4.10. The van der Waals surface area contributed by atoms with Crippen molar-refractivity contribution in [1.82, 2.24) is 5.32 Å². The maximum absolute atomic E-state index is 11.1. The van der Waals surface area contributed by atoms with E-state index in [2.05, 4.69) is 24.4 Å². The molecule has 9 nitrogen and oxygen atoms in total. The summed E-state index contributed by atoms with van der Waals surface area (Å²) < 4.78 is 0. The van der Waals surface area contributed by atoms with Gasteiger partial charge in [0.05, 0.1) is 22.7 Å². The molecule has 2 saturated carbocycles. The zero-order chi connectivity index (χ0) is 31.6. The van der Waals surface area contributed by atoms with E-state index >= 15 is 0 Å². The van der Waals surface area contributed by atoms with Gasteiger partial charge >= 0.3 is 23.9 Å². The molecule has 0 saturated heterocycles. The fourth-order valence-corrected chi connectivity index (χ4v) is 6.71. The minimum atomic E-state index is -0.921. The second-order valence-corrected chi connectivity index (χ2v) is 13.7. The van der Waals surface area contributed by atoms with Crippen molar-refractivity contribution in [1.29, 1.82) is 0 Å². The number of rotatable bonds is 4. The lowest BCUT2D eigenvalue weighted by Gasteiger charge is -2.36. The van der Waals surface area contributed by atoms with Crippen LogP contribution in [0.1, 0.15) is 91.2 Å². The van der Waals surface area contributed by atoms with E-state index in [-0.39, 0.29) is 0 Å². The monoisotopic (exact) mass is 595 g/mol. The molecule has 2 fully saturated rings. The summed E-state index contributed by atoms with van der Waals surface area (Å²) >= 11 is 5.97. The number of fused-ring (bicyclic) bond motifs is 1. The predicted molar refractivity (Wildman–Crippen MR) is 156 cm³/mol. The van der Waals surface area contributed by atoms with Crippen molar-refractivity contribution in [3.63, 3.8) is 0 Å². The Hall–Kier alpha value is -2.65. The van der Waals surface area contributed by atoms with Gasteiger partial charge in [-0.3, -0.25) is 19.2 Å². The molecule has 0 aromatic heterocycles. The largest absolute Gasteiger partial charge is 0.481 e. The number of nitrogens with one attached hydrogen (secondary N) is 1. The van der Waals surface area contributed by atoms with Gasteiger partial charge in [0.2, 0.25) is 0 Å². The second-order valence-electron chi connectivity index (χ2n) is 13.3. The minimum Gasteiger partial charge on any atom is -0.481 e. The van der Waals surface area contributed by atoms with Gasteiger partial charge in [0.15, 0.2) is 0 Å². The number of aliphatic carboxylic acids is 4. The molecule has 1 heterocycles. The van der Waals surface area contributed by atoms with Crippen molar-refractivity contribution < 1.29 is 39.6 Å². The van der Waals surface area contributed by atoms with Crippen molar-refractivity contribution in [3.05, 3.63) is 34.3 Å². The van der Waals surface area contributed by atoms with Gasteiger partial charge in [-0.05, 0) is 92.5 Å². The Morgan fingerprint density at radius 2 is 1.24 bits per heavy atom. The molecule has 2 aliphatic carbocycles. The predicted octanol–water partition coefficient (Wildman–Crippen LogP) is 5.79. The Labute approximate surface area is 247 Å². The van der Waals surface area contributed by atoms with E-state index in [0.717, 1.165) is 24.5 Å². The van der Waals surface area contributed by atoms with Crippen LogP contribution in [0.25, 0.3) is 0 Å². The van der Waals surface area contributed by atoms with Crippen molar-refractivity contribution >= 4 is 35.5 Å². The molecule has 0 amide bonds. The van der Waals surface area contributed by atoms with Crippen LogP contribution in [0.3, 0.4) is 0 Å². The van der Waals surface area contributed by atoms with E-state index in [1.165, 1.54) is 11.1 Å². The molecule has 1 aromatic carbocycles. The Morgan fingerprint density at radius 3 is 1.59 bits per heavy atom. The first-order chi connectivity index (χ1) is 18.7. The molecule has 5 atom stereocenters. The highest BCUT2D eigenvalue weighted by Crippen LogP contribution is 2.57. The second kappa shape index (κ2) is 12.7. The topological polar surface area (TPSA) is 161 Å². The molecule has 1 aliphatic heterocycles. The van der Waals surface area contributed by atoms with Gasteiger partial charge in [-0.2, -0.15) is 0 Å². The Balaban J connectivity index is 0.000000215. The number of carbonyl (C=O) groups is 4. The minimum absolute atomic E-state index is 0.437. The van der Waals surface area contributed by atoms with Crippen LogP contribution in [0.2, 0.25) is 5.02 Å².